The molecule has 4 nitrogen and oxygen atoms in total. The summed E-state index contributed by atoms with van der Waals surface area (Å²) in [5.41, 5.74) is 1.91. The highest BCUT2D eigenvalue weighted by Crippen LogP contribution is 2.16. The van der Waals surface area contributed by atoms with Gasteiger partial charge in [-0.15, -0.1) is 0 Å². The van der Waals surface area contributed by atoms with Crippen LogP contribution in [-0.2, 0) is 9.53 Å². The third-order valence-electron chi connectivity index (χ3n) is 3.36. The third kappa shape index (κ3) is 5.61. The van der Waals surface area contributed by atoms with E-state index in [2.05, 4.69) is 10.6 Å². The normalized spacial score (nSPS) is 10.6. The zero-order valence-corrected chi connectivity index (χ0v) is 12.7. The van der Waals surface area contributed by atoms with Crippen LogP contribution in [0.1, 0.15) is 33.1 Å². The number of amides is 1. The summed E-state index contributed by atoms with van der Waals surface area (Å²) in [6, 6.07) is 7.82. The molecule has 4 heteroatoms. The van der Waals surface area contributed by atoms with Gasteiger partial charge in [0.25, 0.3) is 0 Å². The van der Waals surface area contributed by atoms with Gasteiger partial charge >= 0.3 is 0 Å². The Bertz CT molecular complexity index is 386. The number of carbonyl (C=O) groups is 1. The molecular weight excluding hydrogens is 252 g/mol. The summed E-state index contributed by atoms with van der Waals surface area (Å²) < 4.78 is 5.00. The molecule has 0 saturated heterocycles. The molecule has 0 aliphatic carbocycles. The van der Waals surface area contributed by atoms with Gasteiger partial charge in [-0.25, -0.2) is 0 Å². The van der Waals surface area contributed by atoms with Gasteiger partial charge < -0.3 is 15.4 Å². The lowest BCUT2D eigenvalue weighted by Crippen LogP contribution is -2.21. The van der Waals surface area contributed by atoms with Gasteiger partial charge in [0.1, 0.15) is 0 Å². The van der Waals surface area contributed by atoms with Crippen LogP contribution in [0.3, 0.4) is 0 Å². The highest BCUT2D eigenvalue weighted by molar-refractivity contribution is 5.92. The first-order valence-corrected chi connectivity index (χ1v) is 7.35. The minimum absolute atomic E-state index is 0.0989. The van der Waals surface area contributed by atoms with Crippen molar-refractivity contribution < 1.29 is 9.53 Å². The molecule has 0 saturated carbocycles. The maximum absolute atomic E-state index is 12.0. The Kier molecular flexibility index (Phi) is 7.73. The number of benzene rings is 1. The molecule has 1 aromatic carbocycles. The highest BCUT2D eigenvalue weighted by atomic mass is 16.5. The van der Waals surface area contributed by atoms with E-state index in [-0.39, 0.29) is 11.8 Å². The number of nitrogens with one attached hydrogen (secondary N) is 2. The van der Waals surface area contributed by atoms with Gasteiger partial charge in [-0.1, -0.05) is 13.8 Å². The lowest BCUT2D eigenvalue weighted by Gasteiger charge is -2.13. The Hall–Kier alpha value is -1.55. The monoisotopic (exact) mass is 278 g/mol. The highest BCUT2D eigenvalue weighted by Gasteiger charge is 2.13. The Balaban J connectivity index is 2.44. The van der Waals surface area contributed by atoms with Gasteiger partial charge in [-0.05, 0) is 43.5 Å². The van der Waals surface area contributed by atoms with Crippen LogP contribution in [0.15, 0.2) is 24.3 Å². The van der Waals surface area contributed by atoms with Crippen molar-refractivity contribution in [3.63, 3.8) is 0 Å². The first-order chi connectivity index (χ1) is 9.71. The van der Waals surface area contributed by atoms with Gasteiger partial charge in [0.05, 0.1) is 0 Å². The van der Waals surface area contributed by atoms with E-state index in [0.717, 1.165) is 43.8 Å². The largest absolute Gasteiger partial charge is 0.385 e. The van der Waals surface area contributed by atoms with Crippen molar-refractivity contribution in [1.29, 1.82) is 0 Å². The third-order valence-corrected chi connectivity index (χ3v) is 3.36. The zero-order chi connectivity index (χ0) is 14.8. The van der Waals surface area contributed by atoms with Crippen LogP contribution < -0.4 is 10.6 Å². The average molecular weight is 278 g/mol. The summed E-state index contributed by atoms with van der Waals surface area (Å²) >= 11 is 0. The van der Waals surface area contributed by atoms with E-state index >= 15 is 0 Å². The first-order valence-electron chi connectivity index (χ1n) is 7.35. The van der Waals surface area contributed by atoms with Crippen LogP contribution in [-0.4, -0.2) is 26.2 Å². The number of methoxy groups -OCH3 is 1. The zero-order valence-electron chi connectivity index (χ0n) is 12.7. The fraction of sp³-hybridized carbons (Fsp3) is 0.562. The first kappa shape index (κ1) is 16.5. The summed E-state index contributed by atoms with van der Waals surface area (Å²) in [5, 5.41) is 6.27. The topological polar surface area (TPSA) is 50.4 Å². The fourth-order valence-corrected chi connectivity index (χ4v) is 2.02. The van der Waals surface area contributed by atoms with Crippen LogP contribution in [0.25, 0.3) is 0 Å². The molecule has 0 unspecified atom stereocenters. The van der Waals surface area contributed by atoms with Crippen molar-refractivity contribution >= 4 is 17.3 Å². The molecule has 20 heavy (non-hydrogen) atoms. The number of hydrogen-bond acceptors (Lipinski definition) is 3. The lowest BCUT2D eigenvalue weighted by molar-refractivity contribution is -0.120. The maximum atomic E-state index is 12.0. The van der Waals surface area contributed by atoms with E-state index < -0.39 is 0 Å². The van der Waals surface area contributed by atoms with Gasteiger partial charge in [0.15, 0.2) is 0 Å². The Labute approximate surface area is 121 Å². The predicted molar refractivity (Wildman–Crippen MR) is 84.1 cm³/mol. The van der Waals surface area contributed by atoms with Crippen molar-refractivity contribution in [3.8, 4) is 0 Å². The number of carbonyl (C=O) groups excluding carboxylic acids is 1. The van der Waals surface area contributed by atoms with E-state index in [1.165, 1.54) is 0 Å². The Morgan fingerprint density at radius 3 is 2.30 bits per heavy atom. The molecule has 0 aliphatic rings. The number of rotatable bonds is 9. The molecule has 0 radical (unpaired) electrons. The average Bonchev–Trinajstić information content (AvgIpc) is 2.46. The van der Waals surface area contributed by atoms with Gasteiger partial charge in [0, 0.05) is 37.6 Å². The summed E-state index contributed by atoms with van der Waals surface area (Å²) in [6.07, 6.45) is 2.73. The quantitative estimate of drug-likeness (QED) is 0.680. The molecule has 1 aromatic rings. The summed E-state index contributed by atoms with van der Waals surface area (Å²) in [5.74, 6) is 0.206. The van der Waals surface area contributed by atoms with E-state index in [0.29, 0.717) is 0 Å². The number of ether oxygens (including phenoxy) is 1. The molecule has 112 valence electrons. The second-order valence-corrected chi connectivity index (χ2v) is 4.85. The minimum atomic E-state index is 0.0989. The molecule has 1 rings (SSSR count). The molecule has 0 spiro atoms. The molecule has 0 aromatic heterocycles. The molecular formula is C16H26N2O2. The SMILES string of the molecule is CCC(CC)C(=O)Nc1ccc(NCCCOC)cc1. The van der Waals surface area contributed by atoms with Crippen LogP contribution in [0, 0.1) is 5.92 Å². The minimum Gasteiger partial charge on any atom is -0.385 e. The summed E-state index contributed by atoms with van der Waals surface area (Å²) in [6.45, 7) is 5.73. The molecule has 1 amide bonds. The van der Waals surface area contributed by atoms with Gasteiger partial charge in [-0.3, -0.25) is 4.79 Å². The predicted octanol–water partition coefficient (Wildman–Crippen LogP) is 3.51. The van der Waals surface area contributed by atoms with Crippen molar-refractivity contribution in [2.75, 3.05) is 30.9 Å². The Morgan fingerprint density at radius 1 is 1.15 bits per heavy atom. The molecule has 0 heterocycles. The van der Waals surface area contributed by atoms with Gasteiger partial charge in [0.2, 0.25) is 5.91 Å². The molecule has 0 bridgehead atoms. The van der Waals surface area contributed by atoms with Crippen LogP contribution in [0.2, 0.25) is 0 Å². The van der Waals surface area contributed by atoms with E-state index in [9.17, 15) is 4.79 Å². The fourth-order valence-electron chi connectivity index (χ4n) is 2.02. The number of anilines is 2. The van der Waals surface area contributed by atoms with Crippen molar-refractivity contribution in [3.05, 3.63) is 24.3 Å². The molecule has 0 fully saturated rings. The second kappa shape index (κ2) is 9.37. The summed E-state index contributed by atoms with van der Waals surface area (Å²) in [4.78, 5) is 12.0. The molecule has 0 atom stereocenters. The summed E-state index contributed by atoms with van der Waals surface area (Å²) in [7, 11) is 1.71. The smallest absolute Gasteiger partial charge is 0.227 e. The second-order valence-electron chi connectivity index (χ2n) is 4.85. The maximum Gasteiger partial charge on any atom is 0.227 e. The molecule has 0 aliphatic heterocycles. The van der Waals surface area contributed by atoms with Crippen LogP contribution in [0.4, 0.5) is 11.4 Å². The molecule has 2 N–H and O–H groups in total. The van der Waals surface area contributed by atoms with Crippen LogP contribution in [0.5, 0.6) is 0 Å². The van der Waals surface area contributed by atoms with E-state index in [1.807, 2.05) is 38.1 Å². The van der Waals surface area contributed by atoms with Crippen molar-refractivity contribution in [2.45, 2.75) is 33.1 Å². The van der Waals surface area contributed by atoms with E-state index in [4.69, 9.17) is 4.74 Å². The van der Waals surface area contributed by atoms with Crippen LogP contribution >= 0.6 is 0 Å². The van der Waals surface area contributed by atoms with Crippen molar-refractivity contribution in [1.82, 2.24) is 0 Å². The Morgan fingerprint density at radius 2 is 1.75 bits per heavy atom. The van der Waals surface area contributed by atoms with E-state index in [1.54, 1.807) is 7.11 Å². The number of hydrogen-bond donors (Lipinski definition) is 2. The standard InChI is InChI=1S/C16H26N2O2/c1-4-13(5-2)16(19)18-15-9-7-14(8-10-15)17-11-6-12-20-3/h7-10,13,17H,4-6,11-12H2,1-3H3,(H,18,19). The van der Waals surface area contributed by atoms with Gasteiger partial charge in [-0.2, -0.15) is 0 Å². The van der Waals surface area contributed by atoms with Crippen molar-refractivity contribution in [2.24, 2.45) is 5.92 Å². The lowest BCUT2D eigenvalue weighted by atomic mass is 10.0.